The molecule has 1 aromatic heterocycles. The summed E-state index contributed by atoms with van der Waals surface area (Å²) in [5, 5.41) is 1.73. The predicted molar refractivity (Wildman–Crippen MR) is 104 cm³/mol. The molecule has 0 atom stereocenters. The van der Waals surface area contributed by atoms with Crippen LogP contribution in [0.25, 0.3) is 0 Å². The van der Waals surface area contributed by atoms with E-state index in [1.54, 1.807) is 40.6 Å². The van der Waals surface area contributed by atoms with Gasteiger partial charge in [-0.25, -0.2) is 8.42 Å². The van der Waals surface area contributed by atoms with Gasteiger partial charge in [0.25, 0.3) is 15.9 Å². The lowest BCUT2D eigenvalue weighted by atomic mass is 10.2. The van der Waals surface area contributed by atoms with E-state index in [4.69, 9.17) is 4.74 Å². The minimum atomic E-state index is -3.51. The number of benzene rings is 1. The van der Waals surface area contributed by atoms with Gasteiger partial charge in [0.15, 0.2) is 6.61 Å². The van der Waals surface area contributed by atoms with Crippen LogP contribution in [0.2, 0.25) is 0 Å². The largest absolute Gasteiger partial charge is 0.482 e. The molecule has 0 saturated carbocycles. The van der Waals surface area contributed by atoms with Crippen LogP contribution in [0.15, 0.2) is 46.0 Å². The molecule has 0 bridgehead atoms. The summed E-state index contributed by atoms with van der Waals surface area (Å²) >= 11 is 1.18. The van der Waals surface area contributed by atoms with Crippen molar-refractivity contribution >= 4 is 38.9 Å². The van der Waals surface area contributed by atoms with Crippen LogP contribution < -0.4 is 9.64 Å². The molecule has 1 fully saturated rings. The average Bonchev–Trinajstić information content (AvgIpc) is 3.26. The predicted octanol–water partition coefficient (Wildman–Crippen LogP) is 1.01. The Labute approximate surface area is 167 Å². The number of carbonyl (C=O) groups is 2. The van der Waals surface area contributed by atoms with Gasteiger partial charge in [0.2, 0.25) is 5.91 Å². The summed E-state index contributed by atoms with van der Waals surface area (Å²) < 4.78 is 32.3. The van der Waals surface area contributed by atoms with E-state index >= 15 is 0 Å². The van der Waals surface area contributed by atoms with Crippen molar-refractivity contribution in [1.82, 2.24) is 9.21 Å². The molecule has 3 heterocycles. The molecule has 1 saturated heterocycles. The molecule has 0 N–H and O–H groups in total. The summed E-state index contributed by atoms with van der Waals surface area (Å²) in [6.07, 6.45) is 0. The van der Waals surface area contributed by atoms with Gasteiger partial charge in [0.1, 0.15) is 16.5 Å². The molecular formula is C18H19N3O5S2. The first kappa shape index (κ1) is 18.9. The molecule has 0 aliphatic carbocycles. The molecular weight excluding hydrogens is 402 g/mol. The third kappa shape index (κ3) is 3.50. The summed E-state index contributed by atoms with van der Waals surface area (Å²) in [6, 6.07) is 10.4. The van der Waals surface area contributed by atoms with Crippen LogP contribution in [-0.2, 0) is 19.6 Å². The van der Waals surface area contributed by atoms with E-state index in [0.717, 1.165) is 0 Å². The normalized spacial score (nSPS) is 17.9. The highest BCUT2D eigenvalue weighted by molar-refractivity contribution is 7.91. The number of hydrogen-bond acceptors (Lipinski definition) is 6. The monoisotopic (exact) mass is 421 g/mol. The lowest BCUT2D eigenvalue weighted by Crippen LogP contribution is -2.53. The summed E-state index contributed by atoms with van der Waals surface area (Å²) in [6.45, 7) is 0.875. The van der Waals surface area contributed by atoms with Gasteiger partial charge in [-0.1, -0.05) is 18.2 Å². The van der Waals surface area contributed by atoms with Gasteiger partial charge in [-0.15, -0.1) is 11.3 Å². The number of anilines is 1. The molecule has 0 radical (unpaired) electrons. The van der Waals surface area contributed by atoms with Crippen molar-refractivity contribution < 1.29 is 22.7 Å². The number of thiophene rings is 1. The molecule has 0 unspecified atom stereocenters. The number of ether oxygens (including phenoxy) is 1. The summed E-state index contributed by atoms with van der Waals surface area (Å²) in [4.78, 5) is 28.0. The number of para-hydroxylation sites is 2. The first-order valence-electron chi connectivity index (χ1n) is 8.80. The molecule has 10 heteroatoms. The van der Waals surface area contributed by atoms with Crippen LogP contribution in [0, 0.1) is 0 Å². The molecule has 28 heavy (non-hydrogen) atoms. The smallest absolute Gasteiger partial charge is 0.265 e. The van der Waals surface area contributed by atoms with Crippen molar-refractivity contribution in [3.8, 4) is 5.75 Å². The Hall–Kier alpha value is -2.43. The molecule has 8 nitrogen and oxygen atoms in total. The zero-order chi connectivity index (χ0) is 19.7. The maximum Gasteiger partial charge on any atom is 0.265 e. The number of carbonyl (C=O) groups excluding carboxylic acids is 2. The van der Waals surface area contributed by atoms with E-state index in [1.165, 1.54) is 20.5 Å². The highest BCUT2D eigenvalue weighted by atomic mass is 32.2. The number of amides is 2. The van der Waals surface area contributed by atoms with Crippen molar-refractivity contribution in [2.75, 3.05) is 44.2 Å². The van der Waals surface area contributed by atoms with Crippen LogP contribution in [0.4, 0.5) is 5.69 Å². The Kier molecular flexibility index (Phi) is 5.09. The average molecular weight is 422 g/mol. The van der Waals surface area contributed by atoms with Gasteiger partial charge in [-0.2, -0.15) is 4.31 Å². The number of rotatable bonds is 4. The first-order chi connectivity index (χ1) is 13.5. The summed E-state index contributed by atoms with van der Waals surface area (Å²) in [5.74, 6) is 0.0888. The number of nitrogens with zero attached hydrogens (tertiary/aromatic N) is 3. The van der Waals surface area contributed by atoms with Crippen molar-refractivity contribution in [3.05, 3.63) is 41.8 Å². The van der Waals surface area contributed by atoms with Crippen molar-refractivity contribution in [3.63, 3.8) is 0 Å². The second-order valence-corrected chi connectivity index (χ2v) is 9.57. The van der Waals surface area contributed by atoms with Crippen LogP contribution in [-0.4, -0.2) is 68.8 Å². The Morgan fingerprint density at radius 1 is 1.07 bits per heavy atom. The fourth-order valence-corrected chi connectivity index (χ4v) is 5.84. The van der Waals surface area contributed by atoms with Crippen LogP contribution >= 0.6 is 11.3 Å². The fraction of sp³-hybridized carbons (Fsp3) is 0.333. The summed E-state index contributed by atoms with van der Waals surface area (Å²) in [7, 11) is -3.51. The van der Waals surface area contributed by atoms with Crippen LogP contribution in [0.1, 0.15) is 0 Å². The molecule has 2 aliphatic rings. The highest BCUT2D eigenvalue weighted by Crippen LogP contribution is 2.31. The Morgan fingerprint density at radius 3 is 2.54 bits per heavy atom. The maximum absolute atomic E-state index is 12.7. The van der Waals surface area contributed by atoms with Gasteiger partial charge in [-0.05, 0) is 23.6 Å². The minimum absolute atomic E-state index is 0.0864. The molecule has 148 valence electrons. The summed E-state index contributed by atoms with van der Waals surface area (Å²) in [5.41, 5.74) is 0.575. The Bertz CT molecular complexity index is 982. The van der Waals surface area contributed by atoms with E-state index < -0.39 is 10.0 Å². The molecule has 2 aromatic rings. The molecule has 1 aromatic carbocycles. The third-order valence-electron chi connectivity index (χ3n) is 4.78. The van der Waals surface area contributed by atoms with Crippen molar-refractivity contribution in [1.29, 1.82) is 0 Å². The van der Waals surface area contributed by atoms with E-state index in [9.17, 15) is 18.0 Å². The van der Waals surface area contributed by atoms with E-state index in [0.29, 0.717) is 28.7 Å². The molecule has 4 rings (SSSR count). The Balaban J connectivity index is 1.41. The molecule has 0 spiro atoms. The Morgan fingerprint density at radius 2 is 1.82 bits per heavy atom. The first-order valence-corrected chi connectivity index (χ1v) is 11.1. The number of piperazine rings is 1. The highest BCUT2D eigenvalue weighted by Gasteiger charge is 2.33. The third-order valence-corrected chi connectivity index (χ3v) is 8.05. The van der Waals surface area contributed by atoms with Gasteiger partial charge in [0, 0.05) is 26.2 Å². The lowest BCUT2D eigenvalue weighted by molar-refractivity contribution is -0.133. The quantitative estimate of drug-likeness (QED) is 0.735. The number of hydrogen-bond donors (Lipinski definition) is 0. The molecule has 2 aliphatic heterocycles. The topological polar surface area (TPSA) is 87.2 Å². The zero-order valence-corrected chi connectivity index (χ0v) is 16.6. The maximum atomic E-state index is 12.7. The van der Waals surface area contributed by atoms with Crippen LogP contribution in [0.3, 0.4) is 0 Å². The molecule has 2 amide bonds. The van der Waals surface area contributed by atoms with Crippen molar-refractivity contribution in [2.24, 2.45) is 0 Å². The van der Waals surface area contributed by atoms with Gasteiger partial charge in [-0.3, -0.25) is 14.5 Å². The minimum Gasteiger partial charge on any atom is -0.482 e. The SMILES string of the molecule is O=C(CN1C(=O)COc2ccccc21)N1CCN(S(=O)(=O)c2cccs2)CC1. The van der Waals surface area contributed by atoms with E-state index in [-0.39, 0.29) is 38.1 Å². The van der Waals surface area contributed by atoms with Gasteiger partial charge >= 0.3 is 0 Å². The standard InChI is InChI=1S/C18H19N3O5S2/c22-16(12-21-14-4-1-2-5-15(14)26-13-17(21)23)19-7-9-20(10-8-19)28(24,25)18-6-3-11-27-18/h1-6,11H,7-10,12-13H2. The second-order valence-electron chi connectivity index (χ2n) is 6.45. The van der Waals surface area contributed by atoms with E-state index in [2.05, 4.69) is 0 Å². The van der Waals surface area contributed by atoms with Crippen molar-refractivity contribution in [2.45, 2.75) is 4.21 Å². The van der Waals surface area contributed by atoms with E-state index in [1.807, 2.05) is 6.07 Å². The zero-order valence-electron chi connectivity index (χ0n) is 15.0. The van der Waals surface area contributed by atoms with Gasteiger partial charge in [0.05, 0.1) is 5.69 Å². The number of sulfonamides is 1. The lowest BCUT2D eigenvalue weighted by Gasteiger charge is -2.35. The van der Waals surface area contributed by atoms with Crippen LogP contribution in [0.5, 0.6) is 5.75 Å². The van der Waals surface area contributed by atoms with Gasteiger partial charge < -0.3 is 9.64 Å². The number of fused-ring (bicyclic) bond motifs is 1. The fourth-order valence-electron chi connectivity index (χ4n) is 3.28. The second kappa shape index (κ2) is 7.53.